The zero-order valence-electron chi connectivity index (χ0n) is 8.01. The van der Waals surface area contributed by atoms with E-state index in [4.69, 9.17) is 20.7 Å². The van der Waals surface area contributed by atoms with Crippen molar-refractivity contribution in [2.45, 2.75) is 0 Å². The van der Waals surface area contributed by atoms with E-state index in [1.54, 1.807) is 12.1 Å². The molecule has 16 heavy (non-hydrogen) atoms. The van der Waals surface area contributed by atoms with Crippen molar-refractivity contribution in [2.24, 2.45) is 0 Å². The first-order chi connectivity index (χ1) is 7.58. The van der Waals surface area contributed by atoms with Crippen LogP contribution in [0.3, 0.4) is 0 Å². The van der Waals surface area contributed by atoms with Gasteiger partial charge in [0, 0.05) is 11.6 Å². The van der Waals surface area contributed by atoms with Gasteiger partial charge in [-0.3, -0.25) is 0 Å². The van der Waals surface area contributed by atoms with Crippen LogP contribution in [0.1, 0.15) is 11.1 Å². The molecule has 0 radical (unpaired) electrons. The number of hydrogen-bond donors (Lipinski definition) is 2. The van der Waals surface area contributed by atoms with Crippen molar-refractivity contribution in [3.05, 3.63) is 35.4 Å². The predicted octanol–water partition coefficient (Wildman–Crippen LogP) is 1.26. The summed E-state index contributed by atoms with van der Waals surface area (Å²) >= 11 is 0. The van der Waals surface area contributed by atoms with Gasteiger partial charge >= 0.3 is 5.97 Å². The molecule has 0 amide bonds. The molecule has 0 fully saturated rings. The van der Waals surface area contributed by atoms with Crippen LogP contribution in [-0.4, -0.2) is 16.2 Å². The van der Waals surface area contributed by atoms with E-state index in [-0.39, 0.29) is 22.4 Å². The number of carbonyl (C=O) groups is 1. The Kier molecular flexibility index (Phi) is 3.26. The predicted molar refractivity (Wildman–Crippen MR) is 54.0 cm³/mol. The van der Waals surface area contributed by atoms with E-state index in [9.17, 15) is 4.79 Å². The number of aromatic hydroxyl groups is 1. The SMILES string of the molecule is N#CC(=CC(=O)O)c1ccc(O)cc1C#N. The molecule has 1 rings (SSSR count). The first-order valence-electron chi connectivity index (χ1n) is 4.16. The summed E-state index contributed by atoms with van der Waals surface area (Å²) < 4.78 is 0. The maximum atomic E-state index is 10.4. The molecule has 0 atom stereocenters. The van der Waals surface area contributed by atoms with Crippen LogP contribution in [-0.2, 0) is 4.79 Å². The summed E-state index contributed by atoms with van der Waals surface area (Å²) in [6, 6.07) is 7.25. The van der Waals surface area contributed by atoms with Crippen LogP contribution in [0, 0.1) is 22.7 Å². The Morgan fingerprint density at radius 1 is 1.38 bits per heavy atom. The standard InChI is InChI=1S/C11H6N2O3/c12-5-7-3-9(14)1-2-10(7)8(6-13)4-11(15)16/h1-4,14H,(H,15,16). The number of nitrogens with zero attached hydrogens (tertiary/aromatic N) is 2. The average Bonchev–Trinajstić information content (AvgIpc) is 2.25. The largest absolute Gasteiger partial charge is 0.508 e. The van der Waals surface area contributed by atoms with Gasteiger partial charge in [-0.25, -0.2) is 4.79 Å². The number of rotatable bonds is 2. The molecule has 1 aromatic carbocycles. The number of allylic oxidation sites excluding steroid dienone is 1. The van der Waals surface area contributed by atoms with E-state index < -0.39 is 5.97 Å². The Morgan fingerprint density at radius 2 is 2.06 bits per heavy atom. The summed E-state index contributed by atoms with van der Waals surface area (Å²) in [5, 5.41) is 35.2. The molecule has 0 aliphatic rings. The topological polar surface area (TPSA) is 105 Å². The molecule has 0 saturated heterocycles. The van der Waals surface area contributed by atoms with Gasteiger partial charge < -0.3 is 10.2 Å². The minimum atomic E-state index is -1.27. The molecule has 1 aromatic rings. The third-order valence-electron chi connectivity index (χ3n) is 1.80. The molecule has 0 heterocycles. The van der Waals surface area contributed by atoms with Crippen LogP contribution in [0.4, 0.5) is 0 Å². The monoisotopic (exact) mass is 214 g/mol. The van der Waals surface area contributed by atoms with Gasteiger partial charge in [0.25, 0.3) is 0 Å². The molecule has 0 spiro atoms. The number of phenols is 1. The average molecular weight is 214 g/mol. The van der Waals surface area contributed by atoms with Gasteiger partial charge in [-0.2, -0.15) is 10.5 Å². The summed E-state index contributed by atoms with van der Waals surface area (Å²) in [7, 11) is 0. The molecule has 5 nitrogen and oxygen atoms in total. The lowest BCUT2D eigenvalue weighted by Crippen LogP contribution is -1.93. The van der Waals surface area contributed by atoms with Gasteiger partial charge in [0.15, 0.2) is 0 Å². The molecule has 0 aliphatic heterocycles. The van der Waals surface area contributed by atoms with Gasteiger partial charge in [0.1, 0.15) is 11.8 Å². The van der Waals surface area contributed by atoms with Crippen LogP contribution in [0.25, 0.3) is 5.57 Å². The number of nitriles is 2. The fraction of sp³-hybridized carbons (Fsp3) is 0. The second kappa shape index (κ2) is 4.63. The number of hydrogen-bond acceptors (Lipinski definition) is 4. The Morgan fingerprint density at radius 3 is 2.56 bits per heavy atom. The van der Waals surface area contributed by atoms with Crippen molar-refractivity contribution in [2.75, 3.05) is 0 Å². The molecule has 0 saturated carbocycles. The summed E-state index contributed by atoms with van der Waals surface area (Å²) in [6.07, 6.45) is 0.715. The Labute approximate surface area is 91.1 Å². The fourth-order valence-electron chi connectivity index (χ4n) is 1.15. The van der Waals surface area contributed by atoms with Gasteiger partial charge in [-0.05, 0) is 18.2 Å². The Bertz CT molecular complexity index is 547. The van der Waals surface area contributed by atoms with E-state index in [0.29, 0.717) is 6.08 Å². The molecule has 5 heteroatoms. The van der Waals surface area contributed by atoms with Crippen molar-refractivity contribution in [3.8, 4) is 17.9 Å². The van der Waals surface area contributed by atoms with Crippen LogP contribution < -0.4 is 0 Å². The van der Waals surface area contributed by atoms with E-state index in [2.05, 4.69) is 0 Å². The lowest BCUT2D eigenvalue weighted by Gasteiger charge is -2.01. The van der Waals surface area contributed by atoms with Crippen LogP contribution in [0.5, 0.6) is 5.75 Å². The van der Waals surface area contributed by atoms with Gasteiger partial charge in [-0.15, -0.1) is 0 Å². The molecule has 0 aliphatic carbocycles. The number of aliphatic carboxylic acids is 1. The van der Waals surface area contributed by atoms with Gasteiger partial charge in [-0.1, -0.05) is 0 Å². The molecule has 2 N–H and O–H groups in total. The minimum Gasteiger partial charge on any atom is -0.508 e. The van der Waals surface area contributed by atoms with E-state index in [0.717, 1.165) is 0 Å². The summed E-state index contributed by atoms with van der Waals surface area (Å²) in [5.74, 6) is -1.39. The van der Waals surface area contributed by atoms with Crippen molar-refractivity contribution < 1.29 is 15.0 Å². The van der Waals surface area contributed by atoms with Gasteiger partial charge in [0.2, 0.25) is 0 Å². The number of benzene rings is 1. The molecule has 0 aromatic heterocycles. The third-order valence-corrected chi connectivity index (χ3v) is 1.80. The summed E-state index contributed by atoms with van der Waals surface area (Å²) in [6.45, 7) is 0. The Hall–Kier alpha value is -2.79. The fourth-order valence-corrected chi connectivity index (χ4v) is 1.15. The maximum absolute atomic E-state index is 10.4. The third kappa shape index (κ3) is 2.37. The van der Waals surface area contributed by atoms with Crippen molar-refractivity contribution in [1.82, 2.24) is 0 Å². The minimum absolute atomic E-state index is 0.0500. The molecular weight excluding hydrogens is 208 g/mol. The maximum Gasteiger partial charge on any atom is 0.329 e. The van der Waals surface area contributed by atoms with Crippen LogP contribution in [0.15, 0.2) is 24.3 Å². The van der Waals surface area contributed by atoms with Crippen LogP contribution >= 0.6 is 0 Å². The highest BCUT2D eigenvalue weighted by atomic mass is 16.4. The lowest BCUT2D eigenvalue weighted by atomic mass is 10.0. The van der Waals surface area contributed by atoms with E-state index in [1.807, 2.05) is 0 Å². The number of carboxylic acid groups (broad SMARTS) is 1. The molecule has 78 valence electrons. The molecule has 0 bridgehead atoms. The highest BCUT2D eigenvalue weighted by Gasteiger charge is 2.09. The summed E-state index contributed by atoms with van der Waals surface area (Å²) in [4.78, 5) is 10.4. The van der Waals surface area contributed by atoms with Crippen molar-refractivity contribution >= 4 is 11.5 Å². The first-order valence-corrected chi connectivity index (χ1v) is 4.16. The normalized spacial score (nSPS) is 10.2. The highest BCUT2D eigenvalue weighted by molar-refractivity contribution is 5.95. The second-order valence-corrected chi connectivity index (χ2v) is 2.85. The van der Waals surface area contributed by atoms with Gasteiger partial charge in [0.05, 0.1) is 17.2 Å². The number of phenolic OH excluding ortho intramolecular Hbond substituents is 1. The van der Waals surface area contributed by atoms with E-state index >= 15 is 0 Å². The summed E-state index contributed by atoms with van der Waals surface area (Å²) in [5.41, 5.74) is 0.100. The molecule has 0 unspecified atom stereocenters. The Balaban J connectivity index is 3.39. The quantitative estimate of drug-likeness (QED) is 0.569. The first kappa shape index (κ1) is 11.3. The van der Waals surface area contributed by atoms with Crippen molar-refractivity contribution in [1.29, 1.82) is 10.5 Å². The highest BCUT2D eigenvalue weighted by Crippen LogP contribution is 2.22. The zero-order valence-corrected chi connectivity index (χ0v) is 8.01. The van der Waals surface area contributed by atoms with Crippen LogP contribution in [0.2, 0.25) is 0 Å². The number of carboxylic acids is 1. The smallest absolute Gasteiger partial charge is 0.329 e. The van der Waals surface area contributed by atoms with Crippen molar-refractivity contribution in [3.63, 3.8) is 0 Å². The second-order valence-electron chi connectivity index (χ2n) is 2.85. The van der Waals surface area contributed by atoms with E-state index in [1.165, 1.54) is 18.2 Å². The molecular formula is C11H6N2O3. The lowest BCUT2D eigenvalue weighted by molar-refractivity contribution is -0.131. The zero-order chi connectivity index (χ0) is 12.1.